The fourth-order valence-corrected chi connectivity index (χ4v) is 16.9. The Morgan fingerprint density at radius 2 is 0.543 bits per heavy atom. The fraction of sp³-hybridized carbons (Fsp3) is 0.151. The van der Waals surface area contributed by atoms with Crippen LogP contribution in [0.15, 0.2) is 328 Å². The molecule has 0 fully saturated rings. The summed E-state index contributed by atoms with van der Waals surface area (Å²) in [6, 6.07) is 119. The average molecular weight is 1500 g/mol. The summed E-state index contributed by atoms with van der Waals surface area (Å²) in [7, 11) is 0. The first-order chi connectivity index (χ1) is 56.0. The minimum atomic E-state index is -0.175. The van der Waals surface area contributed by atoms with Crippen molar-refractivity contribution in [3.63, 3.8) is 0 Å². The van der Waals surface area contributed by atoms with Crippen LogP contribution in [0.3, 0.4) is 0 Å². The molecule has 0 saturated carbocycles. The molecule has 19 rings (SSSR count). The van der Waals surface area contributed by atoms with Crippen molar-refractivity contribution in [2.24, 2.45) is 0 Å². The summed E-state index contributed by atoms with van der Waals surface area (Å²) in [6.07, 6.45) is 0. The van der Waals surface area contributed by atoms with Crippen LogP contribution in [0.2, 0.25) is 0 Å². The largest absolute Gasteiger partial charge is 0.311 e. The normalized spacial score (nSPS) is 12.8. The number of fused-ring (bicyclic) bond motifs is 7. The molecule has 0 spiro atoms. The Kier molecular flexibility index (Phi) is 17.7. The van der Waals surface area contributed by atoms with Crippen molar-refractivity contribution in [1.82, 2.24) is 34.5 Å². The lowest BCUT2D eigenvalue weighted by Crippen LogP contribution is -2.61. The summed E-state index contributed by atoms with van der Waals surface area (Å²) in [6.45, 7) is 28.1. The highest BCUT2D eigenvalue weighted by molar-refractivity contribution is 7.00. The standard InChI is InChI=1S/C106H90BN9/c1-103(2,3)78-61-79(104(4,5)6)64-82(63-78)114-92-57-74(67-33-19-13-20-34-67)47-51-87(92)107-88-52-48-75(68-35-21-14-22-36-68)58-93(88)115(83-65-80(105(7,8)9)62-81(66-83)106(10,11)12)95-60-77(59-94(114)96(95)107)73-49-53-90-85(55-73)84-45-31-32-46-89(84)116(90)91-54-50-76(101-110-97(69-37-23-15-24-38-69)108-98(111-101)70-39-25-16-26-40-70)56-86(91)102-112-99(71-41-27-17-28-42-71)109-100(113-102)72-43-29-18-30-44-72/h13-66H,1-12H3. The zero-order chi connectivity index (χ0) is 79.5. The van der Waals surface area contributed by atoms with E-state index in [4.69, 9.17) is 29.9 Å². The second-order valence-corrected chi connectivity index (χ2v) is 35.2. The van der Waals surface area contributed by atoms with E-state index < -0.39 is 0 Å². The summed E-state index contributed by atoms with van der Waals surface area (Å²) >= 11 is 0. The number of hydrogen-bond acceptors (Lipinski definition) is 8. The van der Waals surface area contributed by atoms with E-state index in [0.717, 1.165) is 117 Å². The first-order valence-electron chi connectivity index (χ1n) is 40.4. The monoisotopic (exact) mass is 1500 g/mol. The van der Waals surface area contributed by atoms with E-state index >= 15 is 0 Å². The molecule has 116 heavy (non-hydrogen) atoms. The van der Waals surface area contributed by atoms with Gasteiger partial charge in [-0.05, 0) is 179 Å². The average Bonchev–Trinajstić information content (AvgIpc) is 0.809. The smallest absolute Gasteiger partial charge is 0.252 e. The van der Waals surface area contributed by atoms with Gasteiger partial charge in [-0.25, -0.2) is 29.9 Å². The van der Waals surface area contributed by atoms with E-state index in [-0.39, 0.29) is 28.4 Å². The molecule has 9 nitrogen and oxygen atoms in total. The lowest BCUT2D eigenvalue weighted by Gasteiger charge is -2.45. The molecule has 0 saturated heterocycles. The second-order valence-electron chi connectivity index (χ2n) is 35.2. The topological polar surface area (TPSA) is 88.8 Å². The Balaban J connectivity index is 0.894. The van der Waals surface area contributed by atoms with Crippen LogP contribution in [0.4, 0.5) is 34.1 Å². The van der Waals surface area contributed by atoms with Gasteiger partial charge >= 0.3 is 0 Å². The molecule has 0 atom stereocenters. The molecule has 2 aliphatic rings. The summed E-state index contributed by atoms with van der Waals surface area (Å²) < 4.78 is 2.40. The van der Waals surface area contributed by atoms with Crippen LogP contribution >= 0.6 is 0 Å². The lowest BCUT2D eigenvalue weighted by molar-refractivity contribution is 0.568. The Morgan fingerprint density at radius 3 is 0.940 bits per heavy atom. The molecule has 10 heteroatoms. The van der Waals surface area contributed by atoms with Crippen LogP contribution in [0.5, 0.6) is 0 Å². The molecule has 2 aliphatic heterocycles. The van der Waals surface area contributed by atoms with Gasteiger partial charge in [0.25, 0.3) is 6.71 Å². The predicted molar refractivity (Wildman–Crippen MR) is 485 cm³/mol. The zero-order valence-electron chi connectivity index (χ0n) is 67.8. The van der Waals surface area contributed by atoms with Crippen LogP contribution in [0, 0.1) is 0 Å². The van der Waals surface area contributed by atoms with Crippen molar-refractivity contribution in [3.05, 3.63) is 350 Å². The maximum absolute atomic E-state index is 5.50. The van der Waals surface area contributed by atoms with Gasteiger partial charge in [-0.3, -0.25) is 0 Å². The molecule has 0 bridgehead atoms. The third kappa shape index (κ3) is 13.3. The highest BCUT2D eigenvalue weighted by atomic mass is 15.2. The molecule has 0 aliphatic carbocycles. The third-order valence-electron chi connectivity index (χ3n) is 23.2. The van der Waals surface area contributed by atoms with E-state index in [9.17, 15) is 0 Å². The summed E-state index contributed by atoms with van der Waals surface area (Å²) in [5.74, 6) is 3.25. The number of anilines is 6. The van der Waals surface area contributed by atoms with Crippen LogP contribution in [0.1, 0.15) is 105 Å². The van der Waals surface area contributed by atoms with E-state index in [0.29, 0.717) is 34.9 Å². The molecular formula is C106H90BN9. The summed E-state index contributed by atoms with van der Waals surface area (Å²) in [4.78, 5) is 37.3. The summed E-state index contributed by atoms with van der Waals surface area (Å²) in [5, 5.41) is 2.18. The fourth-order valence-electron chi connectivity index (χ4n) is 16.9. The SMILES string of the molecule is CC(C)(C)c1cc(N2c3cc(-c4ccccc4)ccc3B3c4ccc(-c5ccccc5)cc4N(c4cc(C(C)(C)C)cc(C(C)(C)C)c4)c4cc(-c5ccc6c(c5)c5ccccc5n6-c5ccc(-c6nc(-c7ccccc7)nc(-c7ccccc7)n6)cc5-c5nc(-c6ccccc6)nc(-c6ccccc6)n5)cc2c43)cc(C(C)(C)C)c1. The van der Waals surface area contributed by atoms with E-state index in [1.807, 2.05) is 97.1 Å². The van der Waals surface area contributed by atoms with Crippen LogP contribution in [-0.4, -0.2) is 41.2 Å². The predicted octanol–water partition coefficient (Wildman–Crippen LogP) is 25.4. The Morgan fingerprint density at radius 1 is 0.224 bits per heavy atom. The minimum Gasteiger partial charge on any atom is -0.311 e. The molecule has 5 heterocycles. The van der Waals surface area contributed by atoms with Crippen molar-refractivity contribution < 1.29 is 0 Å². The molecule has 14 aromatic carbocycles. The molecule has 0 unspecified atom stereocenters. The quantitative estimate of drug-likeness (QED) is 0.112. The van der Waals surface area contributed by atoms with Crippen molar-refractivity contribution in [3.8, 4) is 107 Å². The van der Waals surface area contributed by atoms with Gasteiger partial charge in [0, 0.05) is 78.3 Å². The van der Waals surface area contributed by atoms with Crippen molar-refractivity contribution in [1.29, 1.82) is 0 Å². The number of nitrogens with zero attached hydrogens (tertiary/aromatic N) is 9. The Bertz CT molecular complexity index is 6300. The zero-order valence-corrected chi connectivity index (χ0v) is 67.8. The van der Waals surface area contributed by atoms with Crippen molar-refractivity contribution in [2.45, 2.75) is 105 Å². The maximum Gasteiger partial charge on any atom is 0.252 e. The molecule has 0 radical (unpaired) electrons. The molecule has 17 aromatic rings. The van der Waals surface area contributed by atoms with Crippen LogP contribution in [-0.2, 0) is 21.7 Å². The van der Waals surface area contributed by atoms with Crippen molar-refractivity contribution >= 4 is 79.0 Å². The maximum atomic E-state index is 5.50. The van der Waals surface area contributed by atoms with Crippen molar-refractivity contribution in [2.75, 3.05) is 9.80 Å². The number of aromatic nitrogens is 7. The number of hydrogen-bond donors (Lipinski definition) is 0. The minimum absolute atomic E-state index is 0.165. The van der Waals surface area contributed by atoms with E-state index in [2.05, 4.69) is 328 Å². The first-order valence-corrected chi connectivity index (χ1v) is 40.4. The Hall–Kier alpha value is -13.4. The van der Waals surface area contributed by atoms with Crippen LogP contribution in [0.25, 0.3) is 129 Å². The number of para-hydroxylation sites is 1. The first kappa shape index (κ1) is 72.8. The Labute approximate surface area is 681 Å². The number of rotatable bonds is 12. The number of benzene rings is 14. The van der Waals surface area contributed by atoms with E-state index in [1.54, 1.807) is 0 Å². The van der Waals surface area contributed by atoms with Gasteiger partial charge in [-0.2, -0.15) is 0 Å². The van der Waals surface area contributed by atoms with Gasteiger partial charge in [-0.15, -0.1) is 0 Å². The second kappa shape index (κ2) is 28.3. The highest BCUT2D eigenvalue weighted by Crippen LogP contribution is 2.51. The van der Waals surface area contributed by atoms with Crippen LogP contribution < -0.4 is 26.2 Å². The third-order valence-corrected chi connectivity index (χ3v) is 23.2. The van der Waals surface area contributed by atoms with Gasteiger partial charge in [0.1, 0.15) is 0 Å². The lowest BCUT2D eigenvalue weighted by atomic mass is 9.33. The highest BCUT2D eigenvalue weighted by Gasteiger charge is 2.45. The molecular weight excluding hydrogens is 1410 g/mol. The van der Waals surface area contributed by atoms with E-state index in [1.165, 1.54) is 49.8 Å². The van der Waals surface area contributed by atoms with Gasteiger partial charge in [0.05, 0.1) is 16.7 Å². The molecule has 0 N–H and O–H groups in total. The molecule has 3 aromatic heterocycles. The molecule has 0 amide bonds. The van der Waals surface area contributed by atoms with Gasteiger partial charge in [-0.1, -0.05) is 326 Å². The van der Waals surface area contributed by atoms with Gasteiger partial charge in [0.15, 0.2) is 34.9 Å². The van der Waals surface area contributed by atoms with Gasteiger partial charge < -0.3 is 14.4 Å². The van der Waals surface area contributed by atoms with Gasteiger partial charge in [0.2, 0.25) is 0 Å². The molecule has 562 valence electrons. The summed E-state index contributed by atoms with van der Waals surface area (Å²) in [5.41, 5.74) is 29.8.